The number of carboxylic acids is 1. The summed E-state index contributed by atoms with van der Waals surface area (Å²) >= 11 is 6.70. The zero-order chi connectivity index (χ0) is 16.2. The number of nitrogens with one attached hydrogen (secondary N) is 1. The zero-order valence-electron chi connectivity index (χ0n) is 11.9. The average molecular weight is 423 g/mol. The van der Waals surface area contributed by atoms with Crippen LogP contribution in [0.3, 0.4) is 0 Å². The fourth-order valence-electron chi connectivity index (χ4n) is 1.55. The van der Waals surface area contributed by atoms with Gasteiger partial charge in [-0.05, 0) is 70.3 Å². The fourth-order valence-corrected chi connectivity index (χ4v) is 2.23. The summed E-state index contributed by atoms with van der Waals surface area (Å²) in [5.41, 5.74) is 0.113. The Morgan fingerprint density at radius 1 is 1.29 bits per heavy atom. The first kappa shape index (κ1) is 18.0. The zero-order valence-corrected chi connectivity index (χ0v) is 15.1. The molecule has 0 aliphatic heterocycles. The summed E-state index contributed by atoms with van der Waals surface area (Å²) in [6.07, 6.45) is -0.577. The second-order valence-electron chi connectivity index (χ2n) is 5.49. The number of hydrogen-bond donors (Lipinski definition) is 2. The van der Waals surface area contributed by atoms with Crippen molar-refractivity contribution in [1.29, 1.82) is 0 Å². The van der Waals surface area contributed by atoms with E-state index in [2.05, 4.69) is 37.2 Å². The van der Waals surface area contributed by atoms with Crippen molar-refractivity contribution in [3.8, 4) is 0 Å². The Bertz CT molecular complexity index is 540. The van der Waals surface area contributed by atoms with E-state index in [9.17, 15) is 14.7 Å². The van der Waals surface area contributed by atoms with Gasteiger partial charge in [-0.3, -0.25) is 0 Å². The molecule has 1 aromatic carbocycles. The van der Waals surface area contributed by atoms with Gasteiger partial charge in [0.15, 0.2) is 0 Å². The summed E-state index contributed by atoms with van der Waals surface area (Å²) in [7, 11) is 0. The highest BCUT2D eigenvalue weighted by Crippen LogP contribution is 2.24. The van der Waals surface area contributed by atoms with Crippen LogP contribution in [0.5, 0.6) is 0 Å². The highest BCUT2D eigenvalue weighted by atomic mass is 79.9. The summed E-state index contributed by atoms with van der Waals surface area (Å²) < 4.78 is 6.76. The van der Waals surface area contributed by atoms with E-state index in [1.165, 1.54) is 0 Å². The van der Waals surface area contributed by atoms with Crippen molar-refractivity contribution in [1.82, 2.24) is 5.32 Å². The molecule has 0 heterocycles. The third-order valence-corrected chi connectivity index (χ3v) is 4.29. The lowest BCUT2D eigenvalue weighted by Crippen LogP contribution is -2.44. The van der Waals surface area contributed by atoms with Crippen LogP contribution in [0, 0.1) is 0 Å². The summed E-state index contributed by atoms with van der Waals surface area (Å²) in [4.78, 5) is 22.9. The minimum atomic E-state index is -1.11. The summed E-state index contributed by atoms with van der Waals surface area (Å²) in [5, 5.41) is 11.6. The molecule has 0 radical (unpaired) electrons. The molecule has 0 aliphatic rings. The molecule has 0 saturated heterocycles. The molecule has 21 heavy (non-hydrogen) atoms. The molecular formula is C14H17Br2NO4. The lowest BCUT2D eigenvalue weighted by molar-refractivity contribution is -0.139. The lowest BCUT2D eigenvalue weighted by Gasteiger charge is -2.22. The Morgan fingerprint density at radius 2 is 1.90 bits per heavy atom. The van der Waals surface area contributed by atoms with Crippen molar-refractivity contribution < 1.29 is 19.4 Å². The maximum absolute atomic E-state index is 11.7. The van der Waals surface area contributed by atoms with Crippen LogP contribution >= 0.6 is 31.9 Å². The van der Waals surface area contributed by atoms with E-state index in [0.717, 1.165) is 14.5 Å². The SMILES string of the molecule is CC(C)(C)OC(=O)NC(Cc1ccc(Br)c(Br)c1)C(=O)O. The van der Waals surface area contributed by atoms with Crippen molar-refractivity contribution in [3.05, 3.63) is 32.7 Å². The van der Waals surface area contributed by atoms with Gasteiger partial charge in [-0.1, -0.05) is 6.07 Å². The van der Waals surface area contributed by atoms with E-state index in [1.807, 2.05) is 6.07 Å². The molecule has 1 unspecified atom stereocenters. The largest absolute Gasteiger partial charge is 0.480 e. The third-order valence-electron chi connectivity index (χ3n) is 2.41. The van der Waals surface area contributed by atoms with Crippen LogP contribution in [0.25, 0.3) is 0 Å². The Morgan fingerprint density at radius 3 is 2.38 bits per heavy atom. The van der Waals surface area contributed by atoms with Gasteiger partial charge in [0.05, 0.1) is 0 Å². The van der Waals surface area contributed by atoms with Gasteiger partial charge in [0.1, 0.15) is 11.6 Å². The molecule has 0 bridgehead atoms. The van der Waals surface area contributed by atoms with Crippen LogP contribution in [-0.2, 0) is 16.0 Å². The number of ether oxygens (including phenoxy) is 1. The fraction of sp³-hybridized carbons (Fsp3) is 0.429. The third kappa shape index (κ3) is 6.48. The number of aliphatic carboxylic acids is 1. The summed E-state index contributed by atoms with van der Waals surface area (Å²) in [6.45, 7) is 5.15. The predicted molar refractivity (Wildman–Crippen MR) is 86.3 cm³/mol. The maximum Gasteiger partial charge on any atom is 0.408 e. The summed E-state index contributed by atoms with van der Waals surface area (Å²) in [5.74, 6) is -1.11. The van der Waals surface area contributed by atoms with Crippen molar-refractivity contribution in [2.75, 3.05) is 0 Å². The second kappa shape index (κ2) is 7.26. The molecule has 116 valence electrons. The first-order chi connectivity index (χ1) is 9.58. The number of halogens is 2. The van der Waals surface area contributed by atoms with Crippen LogP contribution in [0.1, 0.15) is 26.3 Å². The van der Waals surface area contributed by atoms with Gasteiger partial charge >= 0.3 is 12.1 Å². The highest BCUT2D eigenvalue weighted by Gasteiger charge is 2.24. The van der Waals surface area contributed by atoms with Crippen molar-refractivity contribution in [2.24, 2.45) is 0 Å². The standard InChI is InChI=1S/C14H17Br2NO4/c1-14(2,3)21-13(20)17-11(12(18)19)7-8-4-5-9(15)10(16)6-8/h4-6,11H,7H2,1-3H3,(H,17,20)(H,18,19). The van der Waals surface area contributed by atoms with Crippen LogP contribution in [0.2, 0.25) is 0 Å². The number of rotatable bonds is 4. The van der Waals surface area contributed by atoms with Crippen LogP contribution in [-0.4, -0.2) is 28.8 Å². The molecule has 0 saturated carbocycles. The van der Waals surface area contributed by atoms with Gasteiger partial charge < -0.3 is 15.2 Å². The van der Waals surface area contributed by atoms with Crippen molar-refractivity contribution in [3.63, 3.8) is 0 Å². The van der Waals surface area contributed by atoms with Gasteiger partial charge in [0, 0.05) is 15.4 Å². The molecule has 1 atom stereocenters. The number of carbonyl (C=O) groups is 2. The van der Waals surface area contributed by atoms with E-state index >= 15 is 0 Å². The molecule has 0 fully saturated rings. The molecule has 0 spiro atoms. The quantitative estimate of drug-likeness (QED) is 0.774. The smallest absolute Gasteiger partial charge is 0.408 e. The molecule has 7 heteroatoms. The van der Waals surface area contributed by atoms with E-state index in [4.69, 9.17) is 4.74 Å². The van der Waals surface area contributed by atoms with E-state index in [-0.39, 0.29) is 6.42 Å². The Labute approximate surface area is 140 Å². The number of alkyl carbamates (subject to hydrolysis) is 1. The molecule has 0 aromatic heterocycles. The molecule has 1 aromatic rings. The number of benzene rings is 1. The predicted octanol–water partition coefficient (Wildman–Crippen LogP) is 3.73. The average Bonchev–Trinajstić information content (AvgIpc) is 2.30. The minimum Gasteiger partial charge on any atom is -0.480 e. The first-order valence-electron chi connectivity index (χ1n) is 6.25. The van der Waals surface area contributed by atoms with Gasteiger partial charge in [0.25, 0.3) is 0 Å². The van der Waals surface area contributed by atoms with Crippen molar-refractivity contribution in [2.45, 2.75) is 38.8 Å². The Kier molecular flexibility index (Phi) is 6.22. The number of carbonyl (C=O) groups excluding carboxylic acids is 1. The minimum absolute atomic E-state index is 0.167. The van der Waals surface area contributed by atoms with Gasteiger partial charge in [-0.25, -0.2) is 9.59 Å². The second-order valence-corrected chi connectivity index (χ2v) is 7.20. The molecule has 1 amide bonds. The van der Waals surface area contributed by atoms with E-state index < -0.39 is 23.7 Å². The maximum atomic E-state index is 11.7. The van der Waals surface area contributed by atoms with Crippen LogP contribution < -0.4 is 5.32 Å². The number of carboxylic acid groups (broad SMARTS) is 1. The van der Waals surface area contributed by atoms with Gasteiger partial charge in [0.2, 0.25) is 0 Å². The monoisotopic (exact) mass is 421 g/mol. The Balaban J connectivity index is 2.76. The Hall–Kier alpha value is -1.08. The normalized spacial score (nSPS) is 12.6. The van der Waals surface area contributed by atoms with Crippen LogP contribution in [0.15, 0.2) is 27.1 Å². The molecule has 0 aliphatic carbocycles. The molecule has 2 N–H and O–H groups in total. The molecule has 1 rings (SSSR count). The lowest BCUT2D eigenvalue weighted by atomic mass is 10.1. The molecule has 5 nitrogen and oxygen atoms in total. The summed E-state index contributed by atoms with van der Waals surface area (Å²) in [6, 6.07) is 4.36. The van der Waals surface area contributed by atoms with E-state index in [0.29, 0.717) is 0 Å². The van der Waals surface area contributed by atoms with Crippen LogP contribution in [0.4, 0.5) is 4.79 Å². The van der Waals surface area contributed by atoms with Gasteiger partial charge in [-0.15, -0.1) is 0 Å². The number of amides is 1. The first-order valence-corrected chi connectivity index (χ1v) is 7.83. The van der Waals surface area contributed by atoms with Crippen molar-refractivity contribution >= 4 is 43.9 Å². The number of hydrogen-bond acceptors (Lipinski definition) is 3. The van der Waals surface area contributed by atoms with Gasteiger partial charge in [-0.2, -0.15) is 0 Å². The highest BCUT2D eigenvalue weighted by molar-refractivity contribution is 9.13. The molecular weight excluding hydrogens is 406 g/mol. The topological polar surface area (TPSA) is 75.6 Å². The van der Waals surface area contributed by atoms with E-state index in [1.54, 1.807) is 32.9 Å².